The molecule has 1 aromatic heterocycles. The van der Waals surface area contributed by atoms with E-state index in [1.165, 1.54) is 0 Å². The normalized spacial score (nSPS) is 18.9. The average molecular weight is 396 g/mol. The number of hydrogen-bond donors (Lipinski definition) is 0. The maximum absolute atomic E-state index is 12.5. The van der Waals surface area contributed by atoms with E-state index in [-0.39, 0.29) is 18.0 Å². The quantitative estimate of drug-likeness (QED) is 0.634. The lowest BCUT2D eigenvalue weighted by Gasteiger charge is -2.33. The van der Waals surface area contributed by atoms with Gasteiger partial charge in [0, 0.05) is 18.0 Å². The second-order valence-electron chi connectivity index (χ2n) is 7.86. The van der Waals surface area contributed by atoms with E-state index < -0.39 is 6.09 Å². The Labute approximate surface area is 174 Å². The first-order chi connectivity index (χ1) is 14.6. The van der Waals surface area contributed by atoms with Crippen LogP contribution < -0.4 is 4.74 Å². The first-order valence-corrected chi connectivity index (χ1v) is 10.0. The van der Waals surface area contributed by atoms with Gasteiger partial charge in [-0.3, -0.25) is 4.90 Å². The van der Waals surface area contributed by atoms with E-state index in [9.17, 15) is 10.1 Å². The summed E-state index contributed by atoms with van der Waals surface area (Å²) < 4.78 is 5.56. The number of fused-ring (bicyclic) bond motifs is 1. The maximum atomic E-state index is 12.5. The Bertz CT molecular complexity index is 1150. The number of carbonyl (C=O) groups is 1. The van der Waals surface area contributed by atoms with Crippen molar-refractivity contribution in [3.05, 3.63) is 77.9 Å². The summed E-state index contributed by atoms with van der Waals surface area (Å²) in [6.45, 7) is 2.27. The number of carbonyl (C=O) groups excluding carboxylic acids is 1. The van der Waals surface area contributed by atoms with Crippen LogP contribution in [0.4, 0.5) is 4.79 Å². The van der Waals surface area contributed by atoms with E-state index in [1.54, 1.807) is 23.4 Å². The zero-order valence-corrected chi connectivity index (χ0v) is 16.6. The largest absolute Gasteiger partial charge is 0.416 e. The summed E-state index contributed by atoms with van der Waals surface area (Å²) in [4.78, 5) is 22.6. The number of aromatic nitrogens is 2. The molecule has 6 heteroatoms. The van der Waals surface area contributed by atoms with Crippen LogP contribution in [-0.4, -0.2) is 21.0 Å². The Balaban J connectivity index is 1.43. The second-order valence-corrected chi connectivity index (χ2v) is 7.86. The molecule has 3 aromatic rings. The lowest BCUT2D eigenvalue weighted by Crippen LogP contribution is -2.39. The number of rotatable bonds is 4. The third-order valence-electron chi connectivity index (χ3n) is 6.03. The molecule has 1 atom stereocenters. The Morgan fingerprint density at radius 2 is 1.83 bits per heavy atom. The number of hydrogen-bond acceptors (Lipinski definition) is 5. The summed E-state index contributed by atoms with van der Waals surface area (Å²) >= 11 is 0. The van der Waals surface area contributed by atoms with Crippen LogP contribution in [0.2, 0.25) is 0 Å². The van der Waals surface area contributed by atoms with E-state index >= 15 is 0 Å². The highest BCUT2D eigenvalue weighted by Crippen LogP contribution is 2.48. The predicted molar refractivity (Wildman–Crippen MR) is 110 cm³/mol. The lowest BCUT2D eigenvalue weighted by atomic mass is 9.93. The Morgan fingerprint density at radius 1 is 1.13 bits per heavy atom. The third kappa shape index (κ3) is 3.09. The fourth-order valence-electron chi connectivity index (χ4n) is 3.96. The van der Waals surface area contributed by atoms with Gasteiger partial charge in [-0.1, -0.05) is 30.3 Å². The lowest BCUT2D eigenvalue weighted by molar-refractivity contribution is 0.115. The standard InChI is InChI=1S/C24H20N4O2/c1-16-20-13-18(17-3-6-19(7-4-17)24(15-25)9-10-24)5-8-21(20)30-23(29)28(16)14-22-26-11-2-12-27-22/h2-8,11-13,16H,9-10,14H2,1H3. The molecule has 0 radical (unpaired) electrons. The van der Waals surface area contributed by atoms with E-state index in [0.29, 0.717) is 11.6 Å². The number of nitrogens with zero attached hydrogens (tertiary/aromatic N) is 4. The van der Waals surface area contributed by atoms with Gasteiger partial charge in [-0.15, -0.1) is 0 Å². The van der Waals surface area contributed by atoms with E-state index in [1.807, 2.05) is 31.2 Å². The van der Waals surface area contributed by atoms with Crippen molar-refractivity contribution >= 4 is 6.09 Å². The van der Waals surface area contributed by atoms with Gasteiger partial charge in [0.05, 0.1) is 24.1 Å². The van der Waals surface area contributed by atoms with Gasteiger partial charge in [-0.2, -0.15) is 5.26 Å². The van der Waals surface area contributed by atoms with Gasteiger partial charge in [-0.25, -0.2) is 14.8 Å². The molecule has 148 valence electrons. The first-order valence-electron chi connectivity index (χ1n) is 10.0. The van der Waals surface area contributed by atoms with Crippen molar-refractivity contribution in [2.24, 2.45) is 0 Å². The average Bonchev–Trinajstić information content (AvgIpc) is 3.59. The van der Waals surface area contributed by atoms with Crippen LogP contribution >= 0.6 is 0 Å². The molecular weight excluding hydrogens is 376 g/mol. The monoisotopic (exact) mass is 396 g/mol. The molecule has 1 saturated carbocycles. The minimum absolute atomic E-state index is 0.169. The van der Waals surface area contributed by atoms with Crippen molar-refractivity contribution in [1.82, 2.24) is 14.9 Å². The predicted octanol–water partition coefficient (Wildman–Crippen LogP) is 4.77. The van der Waals surface area contributed by atoms with Crippen molar-refractivity contribution in [1.29, 1.82) is 5.26 Å². The van der Waals surface area contributed by atoms with Crippen LogP contribution in [0.25, 0.3) is 11.1 Å². The second kappa shape index (κ2) is 6.96. The molecule has 0 saturated heterocycles. The fourth-order valence-corrected chi connectivity index (χ4v) is 3.96. The number of ether oxygens (including phenoxy) is 1. The molecule has 0 N–H and O–H groups in total. The van der Waals surface area contributed by atoms with Crippen molar-refractivity contribution in [2.75, 3.05) is 0 Å². The van der Waals surface area contributed by atoms with Gasteiger partial charge in [0.1, 0.15) is 11.6 Å². The Morgan fingerprint density at radius 3 is 2.50 bits per heavy atom. The molecule has 0 spiro atoms. The van der Waals surface area contributed by atoms with Crippen LogP contribution in [0.5, 0.6) is 5.75 Å². The zero-order valence-electron chi connectivity index (χ0n) is 16.6. The molecule has 6 nitrogen and oxygen atoms in total. The van der Waals surface area contributed by atoms with Crippen LogP contribution in [0.1, 0.15) is 42.8 Å². The van der Waals surface area contributed by atoms with Gasteiger partial charge in [0.25, 0.3) is 0 Å². The van der Waals surface area contributed by atoms with Crippen molar-refractivity contribution in [3.8, 4) is 22.9 Å². The Hall–Kier alpha value is -3.72. The van der Waals surface area contributed by atoms with Gasteiger partial charge in [-0.05, 0) is 54.7 Å². The van der Waals surface area contributed by atoms with Crippen molar-refractivity contribution < 1.29 is 9.53 Å². The minimum atomic E-state index is -0.397. The molecule has 2 aromatic carbocycles. The zero-order chi connectivity index (χ0) is 20.7. The number of amides is 1. The van der Waals surface area contributed by atoms with Gasteiger partial charge < -0.3 is 4.74 Å². The SMILES string of the molecule is CC1c2cc(-c3ccc(C4(C#N)CC4)cc3)ccc2OC(=O)N1Cc1ncccn1. The third-order valence-corrected chi connectivity index (χ3v) is 6.03. The first kappa shape index (κ1) is 18.3. The summed E-state index contributed by atoms with van der Waals surface area (Å²) in [5.74, 6) is 1.16. The summed E-state index contributed by atoms with van der Waals surface area (Å²) in [6.07, 6.45) is 4.80. The molecule has 1 amide bonds. The van der Waals surface area contributed by atoms with Crippen LogP contribution in [0.3, 0.4) is 0 Å². The van der Waals surface area contributed by atoms with Crippen molar-refractivity contribution in [2.45, 2.75) is 37.8 Å². The molecule has 0 bridgehead atoms. The summed E-state index contributed by atoms with van der Waals surface area (Å²) in [6, 6.07) is 18.1. The maximum Gasteiger partial charge on any atom is 0.416 e. The van der Waals surface area contributed by atoms with Crippen LogP contribution in [0, 0.1) is 11.3 Å². The van der Waals surface area contributed by atoms with E-state index in [0.717, 1.165) is 35.1 Å². The van der Waals surface area contributed by atoms with Crippen LogP contribution in [0.15, 0.2) is 60.9 Å². The summed E-state index contributed by atoms with van der Waals surface area (Å²) in [7, 11) is 0. The van der Waals surface area contributed by atoms with Gasteiger partial charge in [0.15, 0.2) is 0 Å². The highest BCUT2D eigenvalue weighted by Gasteiger charge is 2.44. The molecular formula is C24H20N4O2. The highest BCUT2D eigenvalue weighted by molar-refractivity contribution is 5.76. The summed E-state index contributed by atoms with van der Waals surface area (Å²) in [5.41, 5.74) is 3.86. The topological polar surface area (TPSA) is 79.1 Å². The minimum Gasteiger partial charge on any atom is -0.410 e. The molecule has 1 fully saturated rings. The molecule has 2 heterocycles. The molecule has 30 heavy (non-hydrogen) atoms. The van der Waals surface area contributed by atoms with E-state index in [4.69, 9.17) is 4.74 Å². The van der Waals surface area contributed by atoms with Crippen LogP contribution in [-0.2, 0) is 12.0 Å². The Kier molecular flexibility index (Phi) is 4.25. The highest BCUT2D eigenvalue weighted by atomic mass is 16.6. The van der Waals surface area contributed by atoms with E-state index in [2.05, 4.69) is 34.2 Å². The summed E-state index contributed by atoms with van der Waals surface area (Å²) in [5, 5.41) is 9.40. The van der Waals surface area contributed by atoms with Gasteiger partial charge >= 0.3 is 6.09 Å². The molecule has 2 aliphatic rings. The van der Waals surface area contributed by atoms with Gasteiger partial charge in [0.2, 0.25) is 0 Å². The molecule has 5 rings (SSSR count). The molecule has 1 aliphatic carbocycles. The molecule has 1 unspecified atom stereocenters. The molecule has 1 aliphatic heterocycles. The number of nitriles is 1. The smallest absolute Gasteiger partial charge is 0.410 e. The van der Waals surface area contributed by atoms with Crippen molar-refractivity contribution in [3.63, 3.8) is 0 Å². The fraction of sp³-hybridized carbons (Fsp3) is 0.250. The number of benzene rings is 2.